The van der Waals surface area contributed by atoms with Crippen LogP contribution in [0.1, 0.15) is 18.4 Å². The standard InChI is InChI=1S/C30H30ClN5O3S/c31-25-10-5-4-9-24(25)29-32-33-30(36(29)23-7-2-1-3-8-23)40-18-6-11-28(37)35-16-14-34(15-17-35)20-22-12-13-26-27(19-22)39-21-38-26/h1-5,7-10,12-13,19H,6,11,14-18,20-21H2. The number of carbonyl (C=O) groups is 1. The number of amides is 1. The van der Waals surface area contributed by atoms with Crippen molar-refractivity contribution in [1.29, 1.82) is 0 Å². The summed E-state index contributed by atoms with van der Waals surface area (Å²) in [6, 6.07) is 23.8. The van der Waals surface area contributed by atoms with Gasteiger partial charge in [0.1, 0.15) is 0 Å². The zero-order valence-corrected chi connectivity index (χ0v) is 23.6. The number of fused-ring (bicyclic) bond motifs is 1. The van der Waals surface area contributed by atoms with Crippen LogP contribution in [0, 0.1) is 0 Å². The van der Waals surface area contributed by atoms with Gasteiger partial charge in [-0.05, 0) is 48.4 Å². The zero-order chi connectivity index (χ0) is 27.3. The topological polar surface area (TPSA) is 72.7 Å². The first-order valence-electron chi connectivity index (χ1n) is 13.4. The zero-order valence-electron chi connectivity index (χ0n) is 22.0. The van der Waals surface area contributed by atoms with Gasteiger partial charge in [0.25, 0.3) is 0 Å². The number of halogens is 1. The highest BCUT2D eigenvalue weighted by atomic mass is 35.5. The highest BCUT2D eigenvalue weighted by Gasteiger charge is 2.22. The number of nitrogens with zero attached hydrogens (tertiary/aromatic N) is 5. The molecule has 206 valence electrons. The number of hydrogen-bond acceptors (Lipinski definition) is 7. The number of ether oxygens (including phenoxy) is 2. The fourth-order valence-corrected chi connectivity index (χ4v) is 6.10. The SMILES string of the molecule is O=C(CCCSc1nnc(-c2ccccc2Cl)n1-c1ccccc1)N1CCN(Cc2ccc3c(c2)OCO3)CC1. The second-order valence-electron chi connectivity index (χ2n) is 9.75. The van der Waals surface area contributed by atoms with Gasteiger partial charge in [0, 0.05) is 56.1 Å². The second kappa shape index (κ2) is 12.3. The van der Waals surface area contributed by atoms with E-state index in [1.807, 2.05) is 76.2 Å². The van der Waals surface area contributed by atoms with E-state index in [1.54, 1.807) is 11.8 Å². The monoisotopic (exact) mass is 575 g/mol. The Morgan fingerprint density at radius 3 is 2.50 bits per heavy atom. The lowest BCUT2D eigenvalue weighted by Gasteiger charge is -2.34. The largest absolute Gasteiger partial charge is 0.454 e. The van der Waals surface area contributed by atoms with Crippen LogP contribution in [-0.2, 0) is 11.3 Å². The highest BCUT2D eigenvalue weighted by molar-refractivity contribution is 7.99. The van der Waals surface area contributed by atoms with E-state index in [9.17, 15) is 4.79 Å². The summed E-state index contributed by atoms with van der Waals surface area (Å²) in [6.07, 6.45) is 1.29. The van der Waals surface area contributed by atoms with Crippen LogP contribution in [0.4, 0.5) is 0 Å². The third-order valence-corrected chi connectivity index (χ3v) is 8.44. The van der Waals surface area contributed by atoms with E-state index in [1.165, 1.54) is 5.56 Å². The molecule has 40 heavy (non-hydrogen) atoms. The molecule has 0 bridgehead atoms. The van der Waals surface area contributed by atoms with E-state index in [2.05, 4.69) is 21.2 Å². The smallest absolute Gasteiger partial charge is 0.231 e. The molecular weight excluding hydrogens is 546 g/mol. The van der Waals surface area contributed by atoms with Gasteiger partial charge < -0.3 is 14.4 Å². The summed E-state index contributed by atoms with van der Waals surface area (Å²) in [7, 11) is 0. The summed E-state index contributed by atoms with van der Waals surface area (Å²) in [6.45, 7) is 4.35. The van der Waals surface area contributed by atoms with Crippen molar-refractivity contribution in [3.8, 4) is 28.6 Å². The molecule has 1 amide bonds. The van der Waals surface area contributed by atoms with Crippen LogP contribution in [-0.4, -0.2) is 69.2 Å². The fourth-order valence-electron chi connectivity index (χ4n) is 4.99. The molecule has 0 N–H and O–H groups in total. The van der Waals surface area contributed by atoms with Crippen LogP contribution in [0.5, 0.6) is 11.5 Å². The summed E-state index contributed by atoms with van der Waals surface area (Å²) in [5.41, 5.74) is 3.00. The van der Waals surface area contributed by atoms with E-state index in [0.717, 1.165) is 72.8 Å². The molecule has 0 unspecified atom stereocenters. The van der Waals surface area contributed by atoms with Crippen molar-refractivity contribution in [3.63, 3.8) is 0 Å². The summed E-state index contributed by atoms with van der Waals surface area (Å²) in [4.78, 5) is 17.3. The number of carbonyl (C=O) groups excluding carboxylic acids is 1. The van der Waals surface area contributed by atoms with Crippen molar-refractivity contribution >= 4 is 29.3 Å². The van der Waals surface area contributed by atoms with Gasteiger partial charge in [-0.3, -0.25) is 14.3 Å². The molecule has 3 heterocycles. The minimum atomic E-state index is 0.213. The second-order valence-corrected chi connectivity index (χ2v) is 11.2. The van der Waals surface area contributed by atoms with Crippen LogP contribution in [0.25, 0.3) is 17.1 Å². The average Bonchev–Trinajstić information content (AvgIpc) is 3.63. The number of aromatic nitrogens is 3. The van der Waals surface area contributed by atoms with Crippen LogP contribution in [0.2, 0.25) is 5.02 Å². The van der Waals surface area contributed by atoms with Gasteiger partial charge in [-0.2, -0.15) is 0 Å². The molecule has 2 aliphatic rings. The molecule has 4 aromatic rings. The van der Waals surface area contributed by atoms with Crippen molar-refractivity contribution in [3.05, 3.63) is 83.4 Å². The lowest BCUT2D eigenvalue weighted by Crippen LogP contribution is -2.48. The molecule has 0 aliphatic carbocycles. The van der Waals surface area contributed by atoms with Crippen molar-refractivity contribution in [1.82, 2.24) is 24.6 Å². The maximum atomic E-state index is 12.9. The Morgan fingerprint density at radius 1 is 0.900 bits per heavy atom. The molecule has 6 rings (SSSR count). The van der Waals surface area contributed by atoms with Gasteiger partial charge in [-0.1, -0.05) is 59.8 Å². The van der Waals surface area contributed by atoms with Crippen LogP contribution < -0.4 is 9.47 Å². The summed E-state index contributed by atoms with van der Waals surface area (Å²) in [5.74, 6) is 3.30. The van der Waals surface area contributed by atoms with E-state index in [-0.39, 0.29) is 12.7 Å². The van der Waals surface area contributed by atoms with E-state index < -0.39 is 0 Å². The predicted molar refractivity (Wildman–Crippen MR) is 156 cm³/mol. The van der Waals surface area contributed by atoms with Crippen molar-refractivity contribution in [2.24, 2.45) is 0 Å². The van der Waals surface area contributed by atoms with Gasteiger partial charge >= 0.3 is 0 Å². The molecule has 10 heteroatoms. The normalized spacial score (nSPS) is 15.0. The van der Waals surface area contributed by atoms with Gasteiger partial charge in [0.15, 0.2) is 22.5 Å². The number of piperazine rings is 1. The molecule has 8 nitrogen and oxygen atoms in total. The lowest BCUT2D eigenvalue weighted by molar-refractivity contribution is -0.133. The lowest BCUT2D eigenvalue weighted by atomic mass is 10.1. The Kier molecular flexibility index (Phi) is 8.22. The molecule has 0 radical (unpaired) electrons. The minimum Gasteiger partial charge on any atom is -0.454 e. The van der Waals surface area contributed by atoms with Crippen LogP contribution in [0.15, 0.2) is 78.0 Å². The molecule has 0 spiro atoms. The maximum Gasteiger partial charge on any atom is 0.231 e. The molecule has 1 saturated heterocycles. The minimum absolute atomic E-state index is 0.213. The summed E-state index contributed by atoms with van der Waals surface area (Å²) >= 11 is 8.10. The molecule has 3 aromatic carbocycles. The van der Waals surface area contributed by atoms with Crippen molar-refractivity contribution < 1.29 is 14.3 Å². The Hall–Kier alpha value is -3.53. The molecule has 1 fully saturated rings. The van der Waals surface area contributed by atoms with Gasteiger partial charge in [0.05, 0.1) is 5.02 Å². The highest BCUT2D eigenvalue weighted by Crippen LogP contribution is 2.33. The number of para-hydroxylation sites is 1. The molecule has 0 saturated carbocycles. The van der Waals surface area contributed by atoms with E-state index >= 15 is 0 Å². The number of benzene rings is 3. The summed E-state index contributed by atoms with van der Waals surface area (Å²) in [5, 5.41) is 10.4. The Morgan fingerprint density at radius 2 is 1.68 bits per heavy atom. The number of rotatable bonds is 9. The first kappa shape index (κ1) is 26.7. The van der Waals surface area contributed by atoms with E-state index in [4.69, 9.17) is 21.1 Å². The number of thioether (sulfide) groups is 1. The quantitative estimate of drug-likeness (QED) is 0.192. The van der Waals surface area contributed by atoms with Gasteiger partial charge in [0.2, 0.25) is 12.7 Å². The van der Waals surface area contributed by atoms with Gasteiger partial charge in [-0.25, -0.2) is 0 Å². The van der Waals surface area contributed by atoms with Gasteiger partial charge in [-0.15, -0.1) is 10.2 Å². The predicted octanol–water partition coefficient (Wildman–Crippen LogP) is 5.53. The molecule has 2 aliphatic heterocycles. The fraction of sp³-hybridized carbons (Fsp3) is 0.300. The third kappa shape index (κ3) is 5.96. The van der Waals surface area contributed by atoms with Crippen LogP contribution >= 0.6 is 23.4 Å². The van der Waals surface area contributed by atoms with E-state index in [0.29, 0.717) is 17.3 Å². The number of hydrogen-bond donors (Lipinski definition) is 0. The molecule has 0 atom stereocenters. The molecule has 1 aromatic heterocycles. The first-order valence-corrected chi connectivity index (χ1v) is 14.8. The average molecular weight is 576 g/mol. The maximum absolute atomic E-state index is 12.9. The third-order valence-electron chi connectivity index (χ3n) is 7.10. The Labute approximate surface area is 242 Å². The van der Waals surface area contributed by atoms with Crippen molar-refractivity contribution in [2.45, 2.75) is 24.5 Å². The molecular formula is C30H30ClN5O3S. The van der Waals surface area contributed by atoms with Crippen molar-refractivity contribution in [2.75, 3.05) is 38.7 Å². The summed E-state index contributed by atoms with van der Waals surface area (Å²) < 4.78 is 12.9. The Balaban J connectivity index is 1.01. The Bertz CT molecular complexity index is 1470. The first-order chi connectivity index (χ1) is 19.7. The van der Waals surface area contributed by atoms with Crippen LogP contribution in [0.3, 0.4) is 0 Å².